The molecule has 1 aromatic carbocycles. The molecule has 1 saturated heterocycles. The molecule has 1 fully saturated rings. The van der Waals surface area contributed by atoms with E-state index in [2.05, 4.69) is 0 Å². The van der Waals surface area contributed by atoms with Gasteiger partial charge in [-0.05, 0) is 37.1 Å². The van der Waals surface area contributed by atoms with Crippen molar-refractivity contribution in [3.8, 4) is 0 Å². The van der Waals surface area contributed by atoms with E-state index in [1.807, 2.05) is 13.8 Å². The second kappa shape index (κ2) is 5.75. The van der Waals surface area contributed by atoms with Crippen molar-refractivity contribution in [3.63, 3.8) is 0 Å². The van der Waals surface area contributed by atoms with Gasteiger partial charge in [-0.1, -0.05) is 6.07 Å². The van der Waals surface area contributed by atoms with Crippen molar-refractivity contribution >= 4 is 15.9 Å². The van der Waals surface area contributed by atoms with E-state index in [4.69, 9.17) is 5.11 Å². The molecule has 116 valence electrons. The average molecular weight is 312 g/mol. The number of aryl methyl sites for hydroxylation is 2. The van der Waals surface area contributed by atoms with Gasteiger partial charge in [-0.25, -0.2) is 8.42 Å². The van der Waals surface area contributed by atoms with Crippen LogP contribution in [0.4, 0.5) is 0 Å². The normalized spacial score (nSPS) is 16.1. The van der Waals surface area contributed by atoms with Crippen LogP contribution in [-0.4, -0.2) is 61.4 Å². The van der Waals surface area contributed by atoms with Crippen molar-refractivity contribution in [1.29, 1.82) is 0 Å². The Balaban J connectivity index is 2.11. The average Bonchev–Trinajstić information content (AvgIpc) is 2.37. The molecule has 0 aromatic heterocycles. The number of carbonyl (C=O) groups is 1. The van der Waals surface area contributed by atoms with Gasteiger partial charge in [-0.15, -0.1) is 0 Å². The Morgan fingerprint density at radius 1 is 1.33 bits per heavy atom. The van der Waals surface area contributed by atoms with Crippen molar-refractivity contribution in [2.45, 2.75) is 24.8 Å². The number of benzene rings is 1. The zero-order valence-electron chi connectivity index (χ0n) is 12.4. The number of likely N-dealkylation sites (N-methyl/N-ethyl adjacent to an activating group) is 1. The van der Waals surface area contributed by atoms with Gasteiger partial charge in [0.2, 0.25) is 15.9 Å². The molecule has 7 heteroatoms. The number of hydrogen-bond donors (Lipinski definition) is 1. The van der Waals surface area contributed by atoms with Crippen molar-refractivity contribution in [2.24, 2.45) is 0 Å². The highest BCUT2D eigenvalue weighted by atomic mass is 32.2. The maximum absolute atomic E-state index is 12.4. The Bertz CT molecular complexity index is 651. The third-order valence-corrected chi connectivity index (χ3v) is 5.56. The fourth-order valence-corrected chi connectivity index (χ4v) is 3.29. The molecular formula is C14H20N2O4S. The summed E-state index contributed by atoms with van der Waals surface area (Å²) in [6.45, 7) is 4.09. The van der Waals surface area contributed by atoms with Gasteiger partial charge in [0.15, 0.2) is 0 Å². The number of rotatable bonds is 4. The van der Waals surface area contributed by atoms with Crippen LogP contribution in [0.25, 0.3) is 0 Å². The van der Waals surface area contributed by atoms with Crippen LogP contribution < -0.4 is 0 Å². The van der Waals surface area contributed by atoms with E-state index >= 15 is 0 Å². The summed E-state index contributed by atoms with van der Waals surface area (Å²) in [5.41, 5.74) is 1.91. The van der Waals surface area contributed by atoms with Crippen molar-refractivity contribution < 1.29 is 18.3 Å². The van der Waals surface area contributed by atoms with Crippen LogP contribution in [0.15, 0.2) is 23.1 Å². The summed E-state index contributed by atoms with van der Waals surface area (Å²) in [4.78, 5) is 13.5. The summed E-state index contributed by atoms with van der Waals surface area (Å²) in [5.74, 6) is -0.296. The number of likely N-dealkylation sites (tertiary alicyclic amines) is 1. The second-order valence-electron chi connectivity index (χ2n) is 5.46. The van der Waals surface area contributed by atoms with Gasteiger partial charge < -0.3 is 10.0 Å². The van der Waals surface area contributed by atoms with Crippen LogP contribution in [0.2, 0.25) is 0 Å². The van der Waals surface area contributed by atoms with Gasteiger partial charge in [0.25, 0.3) is 0 Å². The number of aliphatic hydroxyl groups is 1. The van der Waals surface area contributed by atoms with Gasteiger partial charge in [-0.3, -0.25) is 4.79 Å². The topological polar surface area (TPSA) is 77.9 Å². The van der Waals surface area contributed by atoms with Gasteiger partial charge in [-0.2, -0.15) is 4.31 Å². The first kappa shape index (κ1) is 15.9. The number of carbonyl (C=O) groups excluding carboxylic acids is 1. The minimum atomic E-state index is -3.68. The number of β-amino-alcohol motifs (C(OH)–C–C–N with tert-alkyl or cyclic N) is 1. The lowest BCUT2D eigenvalue weighted by atomic mass is 10.1. The zero-order chi connectivity index (χ0) is 15.8. The molecule has 2 rings (SSSR count). The molecule has 1 aromatic rings. The Morgan fingerprint density at radius 3 is 2.48 bits per heavy atom. The van der Waals surface area contributed by atoms with Gasteiger partial charge in [0.05, 0.1) is 17.5 Å². The quantitative estimate of drug-likeness (QED) is 0.857. The monoisotopic (exact) mass is 312 g/mol. The number of sulfonamides is 1. The van der Waals surface area contributed by atoms with Crippen LogP contribution in [0.5, 0.6) is 0 Å². The Morgan fingerprint density at radius 2 is 1.95 bits per heavy atom. The fraction of sp³-hybridized carbons (Fsp3) is 0.500. The maximum atomic E-state index is 12.4. The van der Waals surface area contributed by atoms with Crippen LogP contribution in [0.3, 0.4) is 0 Å². The summed E-state index contributed by atoms with van der Waals surface area (Å²) < 4.78 is 25.9. The number of aliphatic hydroxyl groups excluding tert-OH is 1. The SMILES string of the molecule is Cc1ccc(S(=O)(=O)N(C)CC(=O)N2CC(O)C2)cc1C. The molecule has 0 bridgehead atoms. The van der Waals surface area contributed by atoms with E-state index < -0.39 is 16.1 Å². The lowest BCUT2D eigenvalue weighted by Crippen LogP contribution is -2.56. The highest BCUT2D eigenvalue weighted by molar-refractivity contribution is 7.89. The first-order valence-corrected chi connectivity index (χ1v) is 8.15. The van der Waals surface area contributed by atoms with E-state index in [0.29, 0.717) is 0 Å². The van der Waals surface area contributed by atoms with E-state index in [0.717, 1.165) is 15.4 Å². The number of nitrogens with zero attached hydrogens (tertiary/aromatic N) is 2. The molecule has 1 amide bonds. The standard InChI is InChI=1S/C14H20N2O4S/c1-10-4-5-13(6-11(10)2)21(19,20)15(3)9-14(18)16-7-12(17)8-16/h4-6,12,17H,7-9H2,1-3H3. The van der Waals surface area contributed by atoms with Gasteiger partial charge >= 0.3 is 0 Å². The molecule has 1 aliphatic rings. The smallest absolute Gasteiger partial charge is 0.243 e. The molecule has 0 aliphatic carbocycles. The highest BCUT2D eigenvalue weighted by Gasteiger charge is 2.31. The van der Waals surface area contributed by atoms with Crippen molar-refractivity contribution in [3.05, 3.63) is 29.3 Å². The minimum Gasteiger partial charge on any atom is -0.389 e. The van der Waals surface area contributed by atoms with E-state index in [1.165, 1.54) is 11.9 Å². The first-order chi connectivity index (χ1) is 9.71. The van der Waals surface area contributed by atoms with Crippen LogP contribution >= 0.6 is 0 Å². The molecule has 1 N–H and O–H groups in total. The van der Waals surface area contributed by atoms with Gasteiger partial charge in [0, 0.05) is 20.1 Å². The molecule has 21 heavy (non-hydrogen) atoms. The summed E-state index contributed by atoms with van der Waals surface area (Å²) in [7, 11) is -2.29. The molecule has 1 heterocycles. The summed E-state index contributed by atoms with van der Waals surface area (Å²) in [6, 6.07) is 4.91. The molecule has 1 aliphatic heterocycles. The van der Waals surface area contributed by atoms with Crippen molar-refractivity contribution in [1.82, 2.24) is 9.21 Å². The maximum Gasteiger partial charge on any atom is 0.243 e. The lowest BCUT2D eigenvalue weighted by Gasteiger charge is -2.36. The molecular weight excluding hydrogens is 292 g/mol. The Kier molecular flexibility index (Phi) is 4.36. The minimum absolute atomic E-state index is 0.185. The molecule has 0 spiro atoms. The van der Waals surface area contributed by atoms with E-state index in [-0.39, 0.29) is 30.4 Å². The Labute approximate surface area is 125 Å². The molecule has 0 unspecified atom stereocenters. The molecule has 6 nitrogen and oxygen atoms in total. The van der Waals surface area contributed by atoms with Crippen LogP contribution in [0, 0.1) is 13.8 Å². The second-order valence-corrected chi connectivity index (χ2v) is 7.50. The largest absolute Gasteiger partial charge is 0.389 e. The summed E-state index contributed by atoms with van der Waals surface area (Å²) >= 11 is 0. The lowest BCUT2D eigenvalue weighted by molar-refractivity contribution is -0.141. The molecule has 0 saturated carbocycles. The van der Waals surface area contributed by atoms with Gasteiger partial charge in [0.1, 0.15) is 0 Å². The molecule has 0 radical (unpaired) electrons. The molecule has 0 atom stereocenters. The number of hydrogen-bond acceptors (Lipinski definition) is 4. The summed E-state index contributed by atoms with van der Waals surface area (Å²) in [5, 5.41) is 9.17. The Hall–Kier alpha value is -1.44. The zero-order valence-corrected chi connectivity index (χ0v) is 13.2. The fourth-order valence-electron chi connectivity index (χ4n) is 2.09. The third kappa shape index (κ3) is 3.25. The summed E-state index contributed by atoms with van der Waals surface area (Å²) in [6.07, 6.45) is -0.490. The first-order valence-electron chi connectivity index (χ1n) is 6.71. The number of amides is 1. The van der Waals surface area contributed by atoms with Crippen LogP contribution in [0.1, 0.15) is 11.1 Å². The third-order valence-electron chi connectivity index (χ3n) is 3.76. The van der Waals surface area contributed by atoms with E-state index in [9.17, 15) is 13.2 Å². The highest BCUT2D eigenvalue weighted by Crippen LogP contribution is 2.18. The predicted octanol–water partition coefficient (Wildman–Crippen LogP) is 0.127. The van der Waals surface area contributed by atoms with Crippen molar-refractivity contribution in [2.75, 3.05) is 26.7 Å². The predicted molar refractivity (Wildman–Crippen MR) is 78.3 cm³/mol. The van der Waals surface area contributed by atoms with Crippen LogP contribution in [-0.2, 0) is 14.8 Å². The van der Waals surface area contributed by atoms with E-state index in [1.54, 1.807) is 18.2 Å².